The lowest BCUT2D eigenvalue weighted by atomic mass is 9.87. The van der Waals surface area contributed by atoms with E-state index in [2.05, 4.69) is 4.72 Å². The van der Waals surface area contributed by atoms with E-state index in [9.17, 15) is 26.4 Å². The van der Waals surface area contributed by atoms with Crippen molar-refractivity contribution in [3.8, 4) is 0 Å². The van der Waals surface area contributed by atoms with Gasteiger partial charge in [0.15, 0.2) is 16.4 Å². The van der Waals surface area contributed by atoms with Crippen molar-refractivity contribution in [2.24, 2.45) is 0 Å². The Morgan fingerprint density at radius 1 is 1.14 bits per heavy atom. The highest BCUT2D eigenvalue weighted by Gasteiger charge is 2.34. The van der Waals surface area contributed by atoms with Crippen molar-refractivity contribution in [3.63, 3.8) is 0 Å². The Balaban J connectivity index is 1.77. The number of sulfonamides is 1. The van der Waals surface area contributed by atoms with Crippen LogP contribution in [0.15, 0.2) is 47.4 Å². The average Bonchev–Trinajstić information content (AvgIpc) is 3.16. The zero-order valence-corrected chi connectivity index (χ0v) is 23.4. The van der Waals surface area contributed by atoms with Crippen LogP contribution in [0, 0.1) is 6.92 Å². The number of benzene rings is 2. The van der Waals surface area contributed by atoms with Crippen LogP contribution in [0.3, 0.4) is 0 Å². The molecule has 0 radical (unpaired) electrons. The number of carbonyl (C=O) groups is 2. The van der Waals surface area contributed by atoms with Gasteiger partial charge in [0.1, 0.15) is 0 Å². The van der Waals surface area contributed by atoms with Crippen molar-refractivity contribution < 1.29 is 31.2 Å². The molecule has 1 saturated heterocycles. The summed E-state index contributed by atoms with van der Waals surface area (Å²) in [4.78, 5) is 27.1. The molecule has 0 bridgehead atoms. The standard InChI is InChI=1S/C26H34N2O7S2/c1-6-28(20-13-14-36(31,32)17-20)24(29)16-35-25(30)21-9-7-8-10-22(21)27-37(33,34)23-15-19(26(3,4)5)12-11-18(23)2/h7-12,15,20,27H,6,13-14,16-17H2,1-5H3. The highest BCUT2D eigenvalue weighted by Crippen LogP contribution is 2.28. The van der Waals surface area contributed by atoms with Gasteiger partial charge in [-0.15, -0.1) is 0 Å². The van der Waals surface area contributed by atoms with Gasteiger partial charge in [-0.3, -0.25) is 9.52 Å². The molecule has 1 atom stereocenters. The summed E-state index contributed by atoms with van der Waals surface area (Å²) in [7, 11) is -7.23. The molecular formula is C26H34N2O7S2. The fourth-order valence-corrected chi connectivity index (χ4v) is 7.34. The third kappa shape index (κ3) is 6.89. The van der Waals surface area contributed by atoms with Crippen LogP contribution in [0.1, 0.15) is 55.6 Å². The molecule has 11 heteroatoms. The number of nitrogens with one attached hydrogen (secondary N) is 1. The molecule has 0 saturated carbocycles. The predicted octanol–water partition coefficient (Wildman–Crippen LogP) is 3.29. The monoisotopic (exact) mass is 550 g/mol. The number of sulfone groups is 1. The quantitative estimate of drug-likeness (QED) is 0.500. The minimum absolute atomic E-state index is 0.0207. The summed E-state index contributed by atoms with van der Waals surface area (Å²) in [5, 5.41) is 0. The Labute approximate surface area is 219 Å². The van der Waals surface area contributed by atoms with Crippen LogP contribution in [0.5, 0.6) is 0 Å². The van der Waals surface area contributed by atoms with Crippen LogP contribution in [-0.4, -0.2) is 64.3 Å². The molecule has 9 nitrogen and oxygen atoms in total. The number of para-hydroxylation sites is 1. The maximum absolute atomic E-state index is 13.3. The molecule has 3 rings (SSSR count). The second kappa shape index (κ2) is 10.8. The number of hydrogen-bond donors (Lipinski definition) is 1. The second-order valence-electron chi connectivity index (χ2n) is 10.2. The number of carbonyl (C=O) groups excluding carboxylic acids is 2. The molecule has 1 fully saturated rings. The molecule has 1 N–H and O–H groups in total. The molecule has 1 amide bonds. The second-order valence-corrected chi connectivity index (χ2v) is 14.1. The van der Waals surface area contributed by atoms with Gasteiger partial charge in [0.05, 0.1) is 27.7 Å². The van der Waals surface area contributed by atoms with Crippen LogP contribution in [0.25, 0.3) is 0 Å². The third-order valence-corrected chi connectivity index (χ3v) is 9.63. The summed E-state index contributed by atoms with van der Waals surface area (Å²) < 4.78 is 57.9. The number of rotatable bonds is 8. The summed E-state index contributed by atoms with van der Waals surface area (Å²) in [5.41, 5.74) is 1.12. The van der Waals surface area contributed by atoms with Gasteiger partial charge >= 0.3 is 5.97 Å². The Hall–Kier alpha value is -2.92. The van der Waals surface area contributed by atoms with E-state index < -0.39 is 44.4 Å². The van der Waals surface area contributed by atoms with Gasteiger partial charge in [-0.2, -0.15) is 0 Å². The lowest BCUT2D eigenvalue weighted by molar-refractivity contribution is -0.136. The van der Waals surface area contributed by atoms with Crippen molar-refractivity contribution in [1.29, 1.82) is 0 Å². The van der Waals surface area contributed by atoms with E-state index in [0.29, 0.717) is 12.0 Å². The van der Waals surface area contributed by atoms with Crippen molar-refractivity contribution in [1.82, 2.24) is 4.90 Å². The Morgan fingerprint density at radius 2 is 1.81 bits per heavy atom. The van der Waals surface area contributed by atoms with E-state index in [0.717, 1.165) is 5.56 Å². The summed E-state index contributed by atoms with van der Waals surface area (Å²) in [5.74, 6) is -1.47. The first-order chi connectivity index (χ1) is 17.1. The van der Waals surface area contributed by atoms with Gasteiger partial charge in [-0.25, -0.2) is 21.6 Å². The van der Waals surface area contributed by atoms with E-state index in [1.54, 1.807) is 38.1 Å². The number of hydrogen-bond acceptors (Lipinski definition) is 7. The first kappa shape index (κ1) is 28.6. The normalized spacial score (nSPS) is 17.3. The largest absolute Gasteiger partial charge is 0.452 e. The summed E-state index contributed by atoms with van der Waals surface area (Å²) in [6.07, 6.45) is 0.344. The van der Waals surface area contributed by atoms with Crippen molar-refractivity contribution in [2.45, 2.75) is 57.4 Å². The Bertz CT molecular complexity index is 1390. The van der Waals surface area contributed by atoms with E-state index in [1.165, 1.54) is 17.0 Å². The van der Waals surface area contributed by atoms with Crippen molar-refractivity contribution >= 4 is 37.4 Å². The van der Waals surface area contributed by atoms with Crippen LogP contribution in [0.2, 0.25) is 0 Å². The minimum atomic E-state index is -4.04. The maximum atomic E-state index is 13.3. The first-order valence-corrected chi connectivity index (χ1v) is 15.3. The average molecular weight is 551 g/mol. The fourth-order valence-electron chi connectivity index (χ4n) is 4.25. The number of aryl methyl sites for hydroxylation is 1. The van der Waals surface area contributed by atoms with Gasteiger partial charge in [-0.05, 0) is 55.0 Å². The first-order valence-electron chi connectivity index (χ1n) is 12.0. The van der Waals surface area contributed by atoms with Crippen molar-refractivity contribution in [3.05, 3.63) is 59.2 Å². The lowest BCUT2D eigenvalue weighted by Gasteiger charge is -2.26. The zero-order chi connectivity index (χ0) is 27.6. The molecule has 0 aliphatic carbocycles. The Kier molecular flexibility index (Phi) is 8.38. The van der Waals surface area contributed by atoms with E-state index in [4.69, 9.17) is 4.74 Å². The molecule has 1 heterocycles. The van der Waals surface area contributed by atoms with E-state index >= 15 is 0 Å². The highest BCUT2D eigenvalue weighted by molar-refractivity contribution is 7.92. The van der Waals surface area contributed by atoms with E-state index in [-0.39, 0.29) is 39.6 Å². The molecule has 1 aliphatic rings. The van der Waals surface area contributed by atoms with Gasteiger partial charge in [0.25, 0.3) is 15.9 Å². The molecule has 2 aromatic rings. The highest BCUT2D eigenvalue weighted by atomic mass is 32.2. The smallest absolute Gasteiger partial charge is 0.340 e. The molecule has 1 unspecified atom stereocenters. The molecule has 202 valence electrons. The molecule has 2 aromatic carbocycles. The molecule has 37 heavy (non-hydrogen) atoms. The summed E-state index contributed by atoms with van der Waals surface area (Å²) in [6.45, 7) is 9.07. The third-order valence-electron chi connectivity index (χ3n) is 6.37. The molecule has 0 spiro atoms. The van der Waals surface area contributed by atoms with Crippen LogP contribution >= 0.6 is 0 Å². The van der Waals surface area contributed by atoms with Gasteiger partial charge in [0, 0.05) is 12.6 Å². The van der Waals surface area contributed by atoms with E-state index in [1.807, 2.05) is 26.8 Å². The van der Waals surface area contributed by atoms with Crippen molar-refractivity contribution in [2.75, 3.05) is 29.4 Å². The van der Waals surface area contributed by atoms with Crippen LogP contribution in [-0.2, 0) is 34.8 Å². The molecular weight excluding hydrogens is 516 g/mol. The van der Waals surface area contributed by atoms with Crippen LogP contribution in [0.4, 0.5) is 5.69 Å². The molecule has 1 aliphatic heterocycles. The zero-order valence-electron chi connectivity index (χ0n) is 21.8. The van der Waals surface area contributed by atoms with Crippen LogP contribution < -0.4 is 4.72 Å². The SMILES string of the molecule is CCN(C(=O)COC(=O)c1ccccc1NS(=O)(=O)c1cc(C(C)(C)C)ccc1C)C1CCS(=O)(=O)C1. The summed E-state index contributed by atoms with van der Waals surface area (Å²) >= 11 is 0. The minimum Gasteiger partial charge on any atom is -0.452 e. The Morgan fingerprint density at radius 3 is 2.41 bits per heavy atom. The number of likely N-dealkylation sites (N-methyl/N-ethyl adjacent to an activating group) is 1. The predicted molar refractivity (Wildman–Crippen MR) is 142 cm³/mol. The van der Waals surface area contributed by atoms with Gasteiger partial charge < -0.3 is 9.64 Å². The number of ether oxygens (including phenoxy) is 1. The number of esters is 1. The fraction of sp³-hybridized carbons (Fsp3) is 0.462. The van der Waals surface area contributed by atoms with Gasteiger partial charge in [0.2, 0.25) is 0 Å². The number of amides is 1. The lowest BCUT2D eigenvalue weighted by Crippen LogP contribution is -2.43. The topological polar surface area (TPSA) is 127 Å². The number of anilines is 1. The summed E-state index contributed by atoms with van der Waals surface area (Å²) in [6, 6.07) is 10.8. The number of nitrogens with zero attached hydrogens (tertiary/aromatic N) is 1. The maximum Gasteiger partial charge on any atom is 0.340 e. The molecule has 0 aromatic heterocycles. The van der Waals surface area contributed by atoms with Gasteiger partial charge in [-0.1, -0.05) is 45.0 Å².